The third-order valence-electron chi connectivity index (χ3n) is 3.00. The fourth-order valence-electron chi connectivity index (χ4n) is 1.96. The SMILES string of the molecule is O=C(c1cc(Cl)cc(CBr)c1Br)c1cc(Cl)cc(CBr)c1Br. The molecule has 0 amide bonds. The normalized spacial score (nSPS) is 10.8. The molecule has 0 atom stereocenters. The molecule has 2 aromatic rings. The highest BCUT2D eigenvalue weighted by Gasteiger charge is 2.20. The molecule has 0 bridgehead atoms. The van der Waals surface area contributed by atoms with Crippen LogP contribution in [0.2, 0.25) is 10.0 Å². The Morgan fingerprint density at radius 1 is 0.818 bits per heavy atom. The van der Waals surface area contributed by atoms with E-state index in [0.717, 1.165) is 20.1 Å². The zero-order valence-corrected chi connectivity index (χ0v) is 18.8. The molecule has 0 spiro atoms. The molecule has 2 aromatic carbocycles. The van der Waals surface area contributed by atoms with Crippen LogP contribution < -0.4 is 0 Å². The largest absolute Gasteiger partial charge is 0.289 e. The maximum absolute atomic E-state index is 12.9. The van der Waals surface area contributed by atoms with Crippen molar-refractivity contribution in [1.82, 2.24) is 0 Å². The van der Waals surface area contributed by atoms with Gasteiger partial charge in [-0.15, -0.1) is 0 Å². The van der Waals surface area contributed by atoms with E-state index in [-0.39, 0.29) is 5.78 Å². The summed E-state index contributed by atoms with van der Waals surface area (Å²) in [6.07, 6.45) is 0. The van der Waals surface area contributed by atoms with Crippen molar-refractivity contribution in [3.05, 3.63) is 65.5 Å². The Bertz CT molecular complexity index is 685. The van der Waals surface area contributed by atoms with Crippen molar-refractivity contribution in [2.45, 2.75) is 10.7 Å². The standard InChI is InChI=1S/C15H8Br4Cl2O/c16-5-7-1-9(20)3-11(13(7)18)15(22)12-4-10(21)2-8(6-17)14(12)19/h1-4H,5-6H2. The molecule has 2 rings (SSSR count). The molecule has 0 radical (unpaired) electrons. The Labute approximate surface area is 172 Å². The average Bonchev–Trinajstić information content (AvgIpc) is 2.50. The van der Waals surface area contributed by atoms with Crippen LogP contribution in [0.25, 0.3) is 0 Å². The summed E-state index contributed by atoms with van der Waals surface area (Å²) in [5.74, 6) is -0.145. The van der Waals surface area contributed by atoms with Crippen LogP contribution in [-0.2, 0) is 10.7 Å². The molecule has 0 saturated heterocycles. The smallest absolute Gasteiger partial charge is 0.195 e. The Kier molecular flexibility index (Phi) is 7.00. The van der Waals surface area contributed by atoms with Gasteiger partial charge in [-0.2, -0.15) is 0 Å². The van der Waals surface area contributed by atoms with Gasteiger partial charge in [-0.25, -0.2) is 0 Å². The highest BCUT2D eigenvalue weighted by Crippen LogP contribution is 2.34. The van der Waals surface area contributed by atoms with Crippen LogP contribution >= 0.6 is 86.9 Å². The molecule has 22 heavy (non-hydrogen) atoms. The number of ketones is 1. The minimum absolute atomic E-state index is 0.145. The highest BCUT2D eigenvalue weighted by molar-refractivity contribution is 9.11. The molecule has 0 heterocycles. The number of carbonyl (C=O) groups excluding carboxylic acids is 1. The Morgan fingerprint density at radius 3 is 1.50 bits per heavy atom. The van der Waals surface area contributed by atoms with E-state index in [2.05, 4.69) is 63.7 Å². The first-order valence-electron chi connectivity index (χ1n) is 6.01. The number of hydrogen-bond acceptors (Lipinski definition) is 1. The van der Waals surface area contributed by atoms with E-state index in [0.29, 0.717) is 31.8 Å². The van der Waals surface area contributed by atoms with Gasteiger partial charge in [0, 0.05) is 40.8 Å². The Hall–Kier alpha value is 0.610. The predicted octanol–water partition coefficient (Wildman–Crippen LogP) is 7.54. The van der Waals surface area contributed by atoms with Gasteiger partial charge in [0.2, 0.25) is 0 Å². The summed E-state index contributed by atoms with van der Waals surface area (Å²) in [6, 6.07) is 6.94. The summed E-state index contributed by atoms with van der Waals surface area (Å²) < 4.78 is 1.46. The number of benzene rings is 2. The number of hydrogen-bond donors (Lipinski definition) is 0. The minimum Gasteiger partial charge on any atom is -0.289 e. The van der Waals surface area contributed by atoms with E-state index in [9.17, 15) is 4.79 Å². The Morgan fingerprint density at radius 2 is 1.18 bits per heavy atom. The first kappa shape index (κ1) is 18.9. The lowest BCUT2D eigenvalue weighted by molar-refractivity contribution is 0.103. The zero-order chi connectivity index (χ0) is 16.4. The second kappa shape index (κ2) is 8.13. The highest BCUT2D eigenvalue weighted by atomic mass is 79.9. The van der Waals surface area contributed by atoms with Crippen LogP contribution in [-0.4, -0.2) is 5.78 Å². The fraction of sp³-hybridized carbons (Fsp3) is 0.133. The van der Waals surface area contributed by atoms with Crippen LogP contribution in [0.3, 0.4) is 0 Å². The van der Waals surface area contributed by atoms with Gasteiger partial charge in [0.05, 0.1) is 0 Å². The number of alkyl halides is 2. The van der Waals surface area contributed by atoms with E-state index >= 15 is 0 Å². The van der Waals surface area contributed by atoms with Crippen LogP contribution in [0.5, 0.6) is 0 Å². The lowest BCUT2D eigenvalue weighted by atomic mass is 10.00. The van der Waals surface area contributed by atoms with Crippen LogP contribution in [0.15, 0.2) is 33.2 Å². The van der Waals surface area contributed by atoms with E-state index in [1.54, 1.807) is 12.1 Å². The fourth-order valence-corrected chi connectivity index (χ4v) is 5.18. The topological polar surface area (TPSA) is 17.1 Å². The zero-order valence-electron chi connectivity index (χ0n) is 10.9. The minimum atomic E-state index is -0.145. The first-order valence-corrected chi connectivity index (χ1v) is 10.6. The van der Waals surface area contributed by atoms with Crippen molar-refractivity contribution in [3.8, 4) is 0 Å². The summed E-state index contributed by atoms with van der Waals surface area (Å²) in [6.45, 7) is 0. The molecule has 116 valence electrons. The molecule has 0 N–H and O–H groups in total. The van der Waals surface area contributed by atoms with E-state index in [1.807, 2.05) is 12.1 Å². The molecule has 0 aliphatic carbocycles. The van der Waals surface area contributed by atoms with Gasteiger partial charge in [0.25, 0.3) is 0 Å². The molecular formula is C15H8Br4Cl2O. The molecule has 0 unspecified atom stereocenters. The first-order chi connectivity index (χ1) is 10.4. The van der Waals surface area contributed by atoms with Crippen molar-refractivity contribution in [2.24, 2.45) is 0 Å². The predicted molar refractivity (Wildman–Crippen MR) is 107 cm³/mol. The van der Waals surface area contributed by atoms with E-state index in [4.69, 9.17) is 23.2 Å². The lowest BCUT2D eigenvalue weighted by Gasteiger charge is -2.12. The second-order valence-corrected chi connectivity index (χ2v) is 8.03. The molecule has 0 aromatic heterocycles. The van der Waals surface area contributed by atoms with Gasteiger partial charge in [-0.3, -0.25) is 4.79 Å². The third kappa shape index (κ3) is 3.98. The van der Waals surface area contributed by atoms with Crippen molar-refractivity contribution in [1.29, 1.82) is 0 Å². The van der Waals surface area contributed by atoms with Crippen molar-refractivity contribution < 1.29 is 4.79 Å². The van der Waals surface area contributed by atoms with Gasteiger partial charge in [0.15, 0.2) is 5.78 Å². The van der Waals surface area contributed by atoms with Crippen LogP contribution in [0.4, 0.5) is 0 Å². The summed E-state index contributed by atoms with van der Waals surface area (Å²) in [5, 5.41) is 2.22. The van der Waals surface area contributed by atoms with Gasteiger partial charge < -0.3 is 0 Å². The second-order valence-electron chi connectivity index (χ2n) is 4.45. The summed E-state index contributed by atoms with van der Waals surface area (Å²) >= 11 is 26.0. The number of carbonyl (C=O) groups is 1. The molecule has 0 saturated carbocycles. The molecule has 0 aliphatic heterocycles. The molecule has 1 nitrogen and oxygen atoms in total. The molecule has 7 heteroatoms. The van der Waals surface area contributed by atoms with Crippen molar-refractivity contribution >= 4 is 92.7 Å². The van der Waals surface area contributed by atoms with Crippen molar-refractivity contribution in [2.75, 3.05) is 0 Å². The number of rotatable bonds is 4. The van der Waals surface area contributed by atoms with Gasteiger partial charge >= 0.3 is 0 Å². The maximum atomic E-state index is 12.9. The summed E-state index contributed by atoms with van der Waals surface area (Å²) in [5.41, 5.74) is 2.83. The molecular weight excluding hydrogens is 587 g/mol. The lowest BCUT2D eigenvalue weighted by Crippen LogP contribution is -2.06. The van der Waals surface area contributed by atoms with Gasteiger partial charge in [-0.1, -0.05) is 55.1 Å². The average molecular weight is 595 g/mol. The van der Waals surface area contributed by atoms with Gasteiger partial charge in [0.1, 0.15) is 0 Å². The van der Waals surface area contributed by atoms with Gasteiger partial charge in [-0.05, 0) is 67.3 Å². The number of halogens is 6. The van der Waals surface area contributed by atoms with E-state index < -0.39 is 0 Å². The summed E-state index contributed by atoms with van der Waals surface area (Å²) in [7, 11) is 0. The third-order valence-corrected chi connectivity index (χ3v) is 6.52. The quantitative estimate of drug-likeness (QED) is 0.264. The monoisotopic (exact) mass is 590 g/mol. The van der Waals surface area contributed by atoms with Crippen LogP contribution in [0, 0.1) is 0 Å². The maximum Gasteiger partial charge on any atom is 0.195 e. The Balaban J connectivity index is 2.63. The summed E-state index contributed by atoms with van der Waals surface area (Å²) in [4.78, 5) is 12.9. The van der Waals surface area contributed by atoms with Crippen LogP contribution in [0.1, 0.15) is 27.0 Å². The van der Waals surface area contributed by atoms with Crippen molar-refractivity contribution in [3.63, 3.8) is 0 Å². The van der Waals surface area contributed by atoms with E-state index in [1.165, 1.54) is 0 Å². The molecule has 0 fully saturated rings. The molecule has 0 aliphatic rings.